The summed E-state index contributed by atoms with van der Waals surface area (Å²) in [5.74, 6) is 0.963. The van der Waals surface area contributed by atoms with E-state index in [0.717, 1.165) is 24.4 Å². The number of alkyl halides is 3. The second kappa shape index (κ2) is 9.35. The number of hydrogen-bond donors (Lipinski definition) is 0. The Hall–Kier alpha value is -2.82. The van der Waals surface area contributed by atoms with Crippen molar-refractivity contribution < 1.29 is 18.0 Å². The molecule has 0 spiro atoms. The highest BCUT2D eigenvalue weighted by molar-refractivity contribution is 7.99. The zero-order valence-electron chi connectivity index (χ0n) is 17.5. The van der Waals surface area contributed by atoms with Crippen LogP contribution >= 0.6 is 11.8 Å². The number of carbonyl (C=O) groups excluding carboxylic acids is 1. The molecule has 1 aliphatic rings. The van der Waals surface area contributed by atoms with E-state index in [1.54, 1.807) is 28.1 Å². The third kappa shape index (κ3) is 4.82. The van der Waals surface area contributed by atoms with Gasteiger partial charge in [0.2, 0.25) is 5.91 Å². The molecule has 1 amide bonds. The molecule has 170 valence electrons. The van der Waals surface area contributed by atoms with Gasteiger partial charge in [-0.3, -0.25) is 9.78 Å². The molecular formula is C21H23F3N6OS. The maximum atomic E-state index is 13.1. The molecule has 0 aliphatic carbocycles. The second-order valence-electron chi connectivity index (χ2n) is 7.47. The molecule has 3 aromatic rings. The molecule has 0 radical (unpaired) electrons. The summed E-state index contributed by atoms with van der Waals surface area (Å²) in [6, 6.07) is 3.57. The van der Waals surface area contributed by atoms with Crippen molar-refractivity contribution in [1.29, 1.82) is 0 Å². The van der Waals surface area contributed by atoms with Gasteiger partial charge >= 0.3 is 6.18 Å². The SMILES string of the molecule is CCCn1c(SCC(=O)N2CCN(c3cnccn3)CC2)nc2ccc(C(F)(F)F)cc21. The fraction of sp³-hybridized carbons (Fsp3) is 0.429. The van der Waals surface area contributed by atoms with Gasteiger partial charge in [0.15, 0.2) is 5.16 Å². The minimum absolute atomic E-state index is 0.0140. The smallest absolute Gasteiger partial charge is 0.352 e. The fourth-order valence-electron chi connectivity index (χ4n) is 3.68. The van der Waals surface area contributed by atoms with Crippen LogP contribution in [0.3, 0.4) is 0 Å². The summed E-state index contributed by atoms with van der Waals surface area (Å²) in [6.07, 6.45) is 1.30. The van der Waals surface area contributed by atoms with Crippen molar-refractivity contribution in [3.63, 3.8) is 0 Å². The van der Waals surface area contributed by atoms with E-state index in [9.17, 15) is 18.0 Å². The van der Waals surface area contributed by atoms with Crippen LogP contribution in [0.2, 0.25) is 0 Å². The number of amides is 1. The molecule has 0 saturated carbocycles. The highest BCUT2D eigenvalue weighted by Crippen LogP contribution is 2.33. The van der Waals surface area contributed by atoms with Gasteiger partial charge in [-0.05, 0) is 24.6 Å². The Kier molecular flexibility index (Phi) is 6.54. The number of halogens is 3. The van der Waals surface area contributed by atoms with Crippen molar-refractivity contribution in [2.24, 2.45) is 0 Å². The number of aryl methyl sites for hydroxylation is 1. The number of fused-ring (bicyclic) bond motifs is 1. The lowest BCUT2D eigenvalue weighted by Crippen LogP contribution is -2.49. The van der Waals surface area contributed by atoms with Crippen LogP contribution in [-0.4, -0.2) is 62.3 Å². The van der Waals surface area contributed by atoms with E-state index < -0.39 is 11.7 Å². The Morgan fingerprint density at radius 1 is 1.16 bits per heavy atom. The Morgan fingerprint density at radius 2 is 1.94 bits per heavy atom. The first-order chi connectivity index (χ1) is 15.4. The molecule has 4 rings (SSSR count). The first kappa shape index (κ1) is 22.4. The summed E-state index contributed by atoms with van der Waals surface area (Å²) in [6.45, 7) is 4.99. The van der Waals surface area contributed by atoms with Crippen molar-refractivity contribution in [1.82, 2.24) is 24.4 Å². The van der Waals surface area contributed by atoms with Crippen molar-refractivity contribution in [2.45, 2.75) is 31.2 Å². The first-order valence-corrected chi connectivity index (χ1v) is 11.3. The van der Waals surface area contributed by atoms with Gasteiger partial charge in [-0.25, -0.2) is 9.97 Å². The summed E-state index contributed by atoms with van der Waals surface area (Å²) in [5.41, 5.74) is 0.240. The van der Waals surface area contributed by atoms with E-state index in [-0.39, 0.29) is 11.7 Å². The standard InChI is InChI=1S/C21H23F3N6OS/c1-2-7-30-17-12-15(21(22,23)24)3-4-16(17)27-20(30)32-14-19(31)29-10-8-28(9-11-29)18-13-25-5-6-26-18/h3-6,12-13H,2,7-11,14H2,1H3. The molecule has 32 heavy (non-hydrogen) atoms. The molecule has 0 unspecified atom stereocenters. The van der Waals surface area contributed by atoms with Crippen LogP contribution in [0, 0.1) is 0 Å². The molecule has 3 heterocycles. The maximum Gasteiger partial charge on any atom is 0.416 e. The Morgan fingerprint density at radius 3 is 2.59 bits per heavy atom. The Bertz CT molecular complexity index is 1080. The van der Waals surface area contributed by atoms with E-state index >= 15 is 0 Å². The van der Waals surface area contributed by atoms with E-state index in [0.29, 0.717) is 48.9 Å². The van der Waals surface area contributed by atoms with E-state index in [2.05, 4.69) is 19.9 Å². The number of aromatic nitrogens is 4. The van der Waals surface area contributed by atoms with Crippen LogP contribution in [0.15, 0.2) is 41.9 Å². The molecule has 11 heteroatoms. The largest absolute Gasteiger partial charge is 0.416 e. The summed E-state index contributed by atoms with van der Waals surface area (Å²) < 4.78 is 41.2. The van der Waals surface area contributed by atoms with Crippen molar-refractivity contribution in [3.05, 3.63) is 42.4 Å². The normalized spacial score (nSPS) is 14.9. The lowest BCUT2D eigenvalue weighted by atomic mass is 10.2. The van der Waals surface area contributed by atoms with Crippen LogP contribution in [0.25, 0.3) is 11.0 Å². The van der Waals surface area contributed by atoms with Crippen molar-refractivity contribution in [3.8, 4) is 0 Å². The number of carbonyl (C=O) groups is 1. The first-order valence-electron chi connectivity index (χ1n) is 10.4. The number of nitrogens with zero attached hydrogens (tertiary/aromatic N) is 6. The van der Waals surface area contributed by atoms with Crippen molar-refractivity contribution >= 4 is 34.5 Å². The predicted octanol–water partition coefficient (Wildman–Crippen LogP) is 3.70. The molecule has 1 aliphatic heterocycles. The Labute approximate surface area is 187 Å². The number of benzene rings is 1. The number of thioether (sulfide) groups is 1. The average Bonchev–Trinajstić information content (AvgIpc) is 3.14. The zero-order valence-corrected chi connectivity index (χ0v) is 18.4. The average molecular weight is 465 g/mol. The maximum absolute atomic E-state index is 13.1. The molecule has 2 aromatic heterocycles. The quantitative estimate of drug-likeness (QED) is 0.519. The van der Waals surface area contributed by atoms with Gasteiger partial charge in [-0.15, -0.1) is 0 Å². The van der Waals surface area contributed by atoms with Gasteiger partial charge in [0, 0.05) is 45.1 Å². The van der Waals surface area contributed by atoms with Gasteiger partial charge in [0.25, 0.3) is 0 Å². The van der Waals surface area contributed by atoms with Gasteiger partial charge in [-0.1, -0.05) is 18.7 Å². The van der Waals surface area contributed by atoms with Gasteiger partial charge in [0.05, 0.1) is 28.5 Å². The minimum atomic E-state index is -4.41. The predicted molar refractivity (Wildman–Crippen MR) is 117 cm³/mol. The van der Waals surface area contributed by atoms with E-state index in [4.69, 9.17) is 0 Å². The Balaban J connectivity index is 1.42. The second-order valence-corrected chi connectivity index (χ2v) is 8.41. The molecule has 1 fully saturated rings. The molecule has 0 N–H and O–H groups in total. The monoisotopic (exact) mass is 464 g/mol. The summed E-state index contributed by atoms with van der Waals surface area (Å²) in [4.78, 5) is 29.5. The topological polar surface area (TPSA) is 67.2 Å². The van der Waals surface area contributed by atoms with Crippen LogP contribution in [0.5, 0.6) is 0 Å². The van der Waals surface area contributed by atoms with Crippen LogP contribution in [0.1, 0.15) is 18.9 Å². The van der Waals surface area contributed by atoms with Crippen LogP contribution in [0.4, 0.5) is 19.0 Å². The fourth-order valence-corrected chi connectivity index (χ4v) is 4.63. The third-order valence-electron chi connectivity index (χ3n) is 5.32. The number of hydrogen-bond acceptors (Lipinski definition) is 6. The van der Waals surface area contributed by atoms with E-state index in [1.807, 2.05) is 6.92 Å². The number of imidazole rings is 1. The lowest BCUT2D eigenvalue weighted by molar-refractivity contribution is -0.137. The number of piperazine rings is 1. The van der Waals surface area contributed by atoms with Gasteiger partial charge in [0.1, 0.15) is 5.82 Å². The molecular weight excluding hydrogens is 441 g/mol. The molecule has 0 bridgehead atoms. The number of rotatable bonds is 6. The highest BCUT2D eigenvalue weighted by atomic mass is 32.2. The van der Waals surface area contributed by atoms with Gasteiger partial charge in [-0.2, -0.15) is 13.2 Å². The summed E-state index contributed by atoms with van der Waals surface area (Å²) >= 11 is 1.27. The van der Waals surface area contributed by atoms with Crippen LogP contribution < -0.4 is 4.90 Å². The molecule has 7 nitrogen and oxygen atoms in total. The summed E-state index contributed by atoms with van der Waals surface area (Å²) in [7, 11) is 0. The molecule has 1 saturated heterocycles. The minimum Gasteiger partial charge on any atom is -0.352 e. The molecule has 1 aromatic carbocycles. The third-order valence-corrected chi connectivity index (χ3v) is 6.28. The molecule has 0 atom stereocenters. The zero-order chi connectivity index (χ0) is 22.7. The lowest BCUT2D eigenvalue weighted by Gasteiger charge is -2.35. The number of anilines is 1. The van der Waals surface area contributed by atoms with E-state index in [1.165, 1.54) is 17.8 Å². The summed E-state index contributed by atoms with van der Waals surface area (Å²) in [5, 5.41) is 0.563. The van der Waals surface area contributed by atoms with Crippen molar-refractivity contribution in [2.75, 3.05) is 36.8 Å². The highest BCUT2D eigenvalue weighted by Gasteiger charge is 2.31. The van der Waals surface area contributed by atoms with Gasteiger partial charge < -0.3 is 14.4 Å². The van der Waals surface area contributed by atoms with Crippen LogP contribution in [-0.2, 0) is 17.5 Å².